The lowest BCUT2D eigenvalue weighted by molar-refractivity contribution is 0.491. The average molecular weight is 824 g/mol. The summed E-state index contributed by atoms with van der Waals surface area (Å²) in [5.74, 6) is 0. The molecule has 0 fully saturated rings. The molecule has 0 amide bonds. The molecule has 0 heterocycles. The number of hydrogen-bond donors (Lipinski definition) is 0. The van der Waals surface area contributed by atoms with E-state index in [0.29, 0.717) is 0 Å². The van der Waals surface area contributed by atoms with Gasteiger partial charge in [-0.05, 0) is 160 Å². The summed E-state index contributed by atoms with van der Waals surface area (Å²) in [6.07, 6.45) is 2.00. The Bertz CT molecular complexity index is 3060. The van der Waals surface area contributed by atoms with Crippen molar-refractivity contribution in [2.75, 3.05) is 14.7 Å². The Morgan fingerprint density at radius 3 is 1.12 bits per heavy atom. The molecule has 3 heteroatoms. The lowest BCUT2D eigenvalue weighted by Gasteiger charge is -2.34. The third kappa shape index (κ3) is 6.69. The molecule has 0 saturated carbocycles. The van der Waals surface area contributed by atoms with Crippen molar-refractivity contribution < 1.29 is 0 Å². The van der Waals surface area contributed by atoms with Crippen molar-refractivity contribution in [3.05, 3.63) is 248 Å². The maximum absolute atomic E-state index is 2.52. The van der Waals surface area contributed by atoms with Gasteiger partial charge >= 0.3 is 0 Å². The highest BCUT2D eigenvalue weighted by Crippen LogP contribution is 2.56. The molecule has 10 aromatic carbocycles. The van der Waals surface area contributed by atoms with E-state index in [1.54, 1.807) is 0 Å². The van der Waals surface area contributed by atoms with Gasteiger partial charge in [0, 0.05) is 39.5 Å². The summed E-state index contributed by atoms with van der Waals surface area (Å²) in [7, 11) is 0. The number of rotatable bonds is 11. The summed E-state index contributed by atoms with van der Waals surface area (Å²) in [5.41, 5.74) is 15.1. The van der Waals surface area contributed by atoms with Gasteiger partial charge in [-0.15, -0.1) is 0 Å². The van der Waals surface area contributed by atoms with E-state index < -0.39 is 0 Å². The third-order valence-electron chi connectivity index (χ3n) is 13.4. The van der Waals surface area contributed by atoms with Crippen LogP contribution in [-0.2, 0) is 5.41 Å². The van der Waals surface area contributed by atoms with E-state index >= 15 is 0 Å². The van der Waals surface area contributed by atoms with Gasteiger partial charge in [0.1, 0.15) is 0 Å². The molecule has 3 nitrogen and oxygen atoms in total. The molecule has 0 unspecified atom stereocenters. The SMILES string of the molecule is CCC1(CC)c2cc(N(c3ccccc3)c3cc(N(c4ccccc4)c4ccccc4)cc(N(c4ccccc4)c4ccccc4)c3)ccc2-c2cc3ccc4ccccc4c3cc21. The predicted octanol–water partition coefficient (Wildman–Crippen LogP) is 17.5. The molecule has 0 spiro atoms. The standard InChI is InChI=1S/C61H49N3/c1-3-61(4-2)59-42-51(36-37-56(59)58-38-45-35-34-44-22-20-21-33-55(44)57(45)43-60(58)61)64(50-31-18-9-19-32-50)54-40-52(62(46-23-10-5-11-24-46)47-25-12-6-13-26-47)39-53(41-54)63(48-27-14-7-15-28-48)49-29-16-8-17-30-49/h5-43H,3-4H2,1-2H3. The van der Waals surface area contributed by atoms with Crippen molar-refractivity contribution in [3.63, 3.8) is 0 Å². The molecule has 10 aromatic rings. The van der Waals surface area contributed by atoms with Gasteiger partial charge in [0.05, 0.1) is 17.1 Å². The van der Waals surface area contributed by atoms with E-state index in [1.165, 1.54) is 43.8 Å². The van der Waals surface area contributed by atoms with Crippen LogP contribution in [0.4, 0.5) is 51.2 Å². The molecule has 0 bridgehead atoms. The molecular weight excluding hydrogens is 775 g/mol. The minimum atomic E-state index is -0.143. The smallest absolute Gasteiger partial charge is 0.0503 e. The normalized spacial score (nSPS) is 12.5. The zero-order chi connectivity index (χ0) is 43.0. The van der Waals surface area contributed by atoms with Gasteiger partial charge in [-0.25, -0.2) is 0 Å². The third-order valence-corrected chi connectivity index (χ3v) is 13.4. The van der Waals surface area contributed by atoms with Gasteiger partial charge in [0.2, 0.25) is 0 Å². The Morgan fingerprint density at radius 1 is 0.281 bits per heavy atom. The summed E-state index contributed by atoms with van der Waals surface area (Å²) >= 11 is 0. The number of nitrogens with zero attached hydrogens (tertiary/aromatic N) is 3. The van der Waals surface area contributed by atoms with Crippen molar-refractivity contribution in [2.24, 2.45) is 0 Å². The Balaban J connectivity index is 1.16. The van der Waals surface area contributed by atoms with Gasteiger partial charge in [0.15, 0.2) is 0 Å². The van der Waals surface area contributed by atoms with E-state index in [-0.39, 0.29) is 5.41 Å². The van der Waals surface area contributed by atoms with Gasteiger partial charge in [-0.2, -0.15) is 0 Å². The number of fused-ring (bicyclic) bond motifs is 6. The molecular formula is C61H49N3. The van der Waals surface area contributed by atoms with Crippen LogP contribution in [0.1, 0.15) is 37.8 Å². The van der Waals surface area contributed by atoms with Crippen LogP contribution < -0.4 is 14.7 Å². The second-order valence-corrected chi connectivity index (χ2v) is 16.8. The first-order chi connectivity index (χ1) is 31.6. The second-order valence-electron chi connectivity index (χ2n) is 16.8. The van der Waals surface area contributed by atoms with Crippen molar-refractivity contribution in [3.8, 4) is 11.1 Å². The van der Waals surface area contributed by atoms with Crippen LogP contribution in [0.3, 0.4) is 0 Å². The van der Waals surface area contributed by atoms with Crippen LogP contribution >= 0.6 is 0 Å². The summed E-state index contributed by atoms with van der Waals surface area (Å²) < 4.78 is 0. The number of hydrogen-bond acceptors (Lipinski definition) is 3. The molecule has 0 saturated heterocycles. The summed E-state index contributed by atoms with van der Waals surface area (Å²) in [4.78, 5) is 7.20. The van der Waals surface area contributed by atoms with Crippen LogP contribution in [0.2, 0.25) is 0 Å². The lowest BCUT2D eigenvalue weighted by Crippen LogP contribution is -2.23. The fraction of sp³-hybridized carbons (Fsp3) is 0.0820. The maximum Gasteiger partial charge on any atom is 0.0503 e. The summed E-state index contributed by atoms with van der Waals surface area (Å²) in [6.45, 7) is 4.74. The molecule has 64 heavy (non-hydrogen) atoms. The summed E-state index contributed by atoms with van der Waals surface area (Å²) in [6, 6.07) is 86.4. The zero-order valence-electron chi connectivity index (χ0n) is 36.3. The number of anilines is 9. The van der Waals surface area contributed by atoms with E-state index in [9.17, 15) is 0 Å². The lowest BCUT2D eigenvalue weighted by atomic mass is 9.73. The molecule has 0 aromatic heterocycles. The first-order valence-electron chi connectivity index (χ1n) is 22.6. The zero-order valence-corrected chi connectivity index (χ0v) is 36.3. The van der Waals surface area contributed by atoms with E-state index in [2.05, 4.69) is 265 Å². The maximum atomic E-state index is 2.52. The van der Waals surface area contributed by atoms with Gasteiger partial charge < -0.3 is 14.7 Å². The van der Waals surface area contributed by atoms with E-state index in [4.69, 9.17) is 0 Å². The minimum absolute atomic E-state index is 0.143. The Hall–Kier alpha value is -7.88. The van der Waals surface area contributed by atoms with Crippen LogP contribution in [0.25, 0.3) is 32.7 Å². The quantitative estimate of drug-likeness (QED) is 0.120. The van der Waals surface area contributed by atoms with E-state index in [0.717, 1.165) is 64.0 Å². The Kier molecular flexibility index (Phi) is 10.0. The van der Waals surface area contributed by atoms with Crippen LogP contribution in [0.5, 0.6) is 0 Å². The molecule has 0 N–H and O–H groups in total. The van der Waals surface area contributed by atoms with Crippen LogP contribution in [0, 0.1) is 0 Å². The van der Waals surface area contributed by atoms with Crippen molar-refractivity contribution in [1.29, 1.82) is 0 Å². The van der Waals surface area contributed by atoms with E-state index in [1.807, 2.05) is 0 Å². The average Bonchev–Trinajstić information content (AvgIpc) is 3.63. The molecule has 0 aliphatic heterocycles. The summed E-state index contributed by atoms with van der Waals surface area (Å²) in [5, 5.41) is 5.21. The topological polar surface area (TPSA) is 9.72 Å². The van der Waals surface area contributed by atoms with Crippen LogP contribution in [-0.4, -0.2) is 0 Å². The second kappa shape index (κ2) is 16.4. The van der Waals surface area contributed by atoms with Crippen molar-refractivity contribution in [2.45, 2.75) is 32.1 Å². The molecule has 0 atom stereocenters. The highest BCUT2D eigenvalue weighted by Gasteiger charge is 2.41. The molecule has 0 radical (unpaired) electrons. The highest BCUT2D eigenvalue weighted by atomic mass is 15.2. The number of benzene rings is 10. The van der Waals surface area contributed by atoms with Gasteiger partial charge in [-0.3, -0.25) is 0 Å². The van der Waals surface area contributed by atoms with Crippen LogP contribution in [0.15, 0.2) is 237 Å². The predicted molar refractivity (Wildman–Crippen MR) is 272 cm³/mol. The largest absolute Gasteiger partial charge is 0.310 e. The molecule has 1 aliphatic carbocycles. The fourth-order valence-corrected chi connectivity index (χ4v) is 10.3. The molecule has 1 aliphatic rings. The number of para-hydroxylation sites is 5. The Labute approximate surface area is 376 Å². The first kappa shape index (κ1) is 39.0. The fourth-order valence-electron chi connectivity index (χ4n) is 10.3. The first-order valence-corrected chi connectivity index (χ1v) is 22.6. The van der Waals surface area contributed by atoms with Gasteiger partial charge in [-0.1, -0.05) is 147 Å². The Morgan fingerprint density at radius 2 is 0.672 bits per heavy atom. The molecule has 308 valence electrons. The van der Waals surface area contributed by atoms with Crippen molar-refractivity contribution in [1.82, 2.24) is 0 Å². The molecule has 11 rings (SSSR count). The van der Waals surface area contributed by atoms with Crippen molar-refractivity contribution >= 4 is 72.7 Å². The van der Waals surface area contributed by atoms with Gasteiger partial charge in [0.25, 0.3) is 0 Å². The minimum Gasteiger partial charge on any atom is -0.310 e. The monoisotopic (exact) mass is 823 g/mol. The highest BCUT2D eigenvalue weighted by molar-refractivity contribution is 6.10.